The molecular weight excluding hydrogens is 316 g/mol. The van der Waals surface area contributed by atoms with Crippen LogP contribution in [0.2, 0.25) is 0 Å². The van der Waals surface area contributed by atoms with Gasteiger partial charge in [-0.05, 0) is 31.4 Å². The number of hydrogen-bond acceptors (Lipinski definition) is 6. The minimum absolute atomic E-state index is 0.0932. The normalized spacial score (nSPS) is 17.5. The largest absolute Gasteiger partial charge is 0.398 e. The number of sulfonamides is 1. The lowest BCUT2D eigenvalue weighted by atomic mass is 9.98. The molecule has 1 aliphatic heterocycles. The molecule has 0 bridgehead atoms. The highest BCUT2D eigenvalue weighted by atomic mass is 32.2. The number of nitrogens with zero attached hydrogens (tertiary/aromatic N) is 3. The van der Waals surface area contributed by atoms with Gasteiger partial charge >= 0.3 is 0 Å². The van der Waals surface area contributed by atoms with Crippen molar-refractivity contribution in [3.8, 4) is 11.4 Å². The topological polar surface area (TPSA) is 102 Å². The molecule has 0 saturated carbocycles. The van der Waals surface area contributed by atoms with Crippen LogP contribution < -0.4 is 5.73 Å². The van der Waals surface area contributed by atoms with E-state index in [1.807, 2.05) is 25.1 Å². The Bertz CT molecular complexity index is 808. The fourth-order valence-corrected chi connectivity index (χ4v) is 3.71. The molecule has 3 rings (SSSR count). The van der Waals surface area contributed by atoms with Crippen molar-refractivity contribution < 1.29 is 12.9 Å². The van der Waals surface area contributed by atoms with Gasteiger partial charge in [0.05, 0.1) is 6.26 Å². The summed E-state index contributed by atoms with van der Waals surface area (Å²) in [6.45, 7) is 2.89. The van der Waals surface area contributed by atoms with Crippen LogP contribution in [-0.4, -0.2) is 42.2 Å². The van der Waals surface area contributed by atoms with Crippen molar-refractivity contribution in [2.45, 2.75) is 25.7 Å². The molecule has 2 N–H and O–H groups in total. The van der Waals surface area contributed by atoms with Crippen LogP contribution in [-0.2, 0) is 10.0 Å². The molecule has 0 spiro atoms. The van der Waals surface area contributed by atoms with Crippen molar-refractivity contribution in [2.24, 2.45) is 0 Å². The zero-order valence-electron chi connectivity index (χ0n) is 13.2. The van der Waals surface area contributed by atoms with Gasteiger partial charge in [-0.2, -0.15) is 4.98 Å². The Balaban J connectivity index is 1.77. The Morgan fingerprint density at radius 2 is 2.00 bits per heavy atom. The third-order valence-electron chi connectivity index (χ3n) is 4.33. The molecule has 1 fully saturated rings. The van der Waals surface area contributed by atoms with Gasteiger partial charge in [0.2, 0.25) is 21.7 Å². The second-order valence-electron chi connectivity index (χ2n) is 5.91. The minimum atomic E-state index is -3.13. The zero-order valence-corrected chi connectivity index (χ0v) is 14.0. The highest BCUT2D eigenvalue weighted by molar-refractivity contribution is 7.88. The number of hydrogen-bond donors (Lipinski definition) is 1. The molecule has 1 saturated heterocycles. The first-order valence-corrected chi connectivity index (χ1v) is 9.35. The monoisotopic (exact) mass is 336 g/mol. The Kier molecular flexibility index (Phi) is 4.11. The van der Waals surface area contributed by atoms with Gasteiger partial charge in [-0.1, -0.05) is 17.3 Å². The number of aromatic nitrogens is 2. The number of nitrogens with two attached hydrogens (primary N) is 1. The van der Waals surface area contributed by atoms with Crippen LogP contribution in [0.5, 0.6) is 0 Å². The summed E-state index contributed by atoms with van der Waals surface area (Å²) in [5.74, 6) is 1.18. The molecule has 7 nitrogen and oxygen atoms in total. The number of rotatable bonds is 3. The molecule has 1 aromatic carbocycles. The lowest BCUT2D eigenvalue weighted by Crippen LogP contribution is -2.37. The van der Waals surface area contributed by atoms with E-state index in [1.165, 1.54) is 10.6 Å². The number of piperidine rings is 1. The van der Waals surface area contributed by atoms with Crippen LogP contribution in [0.1, 0.15) is 30.2 Å². The molecule has 1 aromatic heterocycles. The van der Waals surface area contributed by atoms with Crippen LogP contribution in [0.3, 0.4) is 0 Å². The Morgan fingerprint density at radius 1 is 1.30 bits per heavy atom. The third kappa shape index (κ3) is 3.23. The zero-order chi connectivity index (χ0) is 16.6. The van der Waals surface area contributed by atoms with E-state index in [4.69, 9.17) is 10.3 Å². The van der Waals surface area contributed by atoms with Gasteiger partial charge in [-0.25, -0.2) is 12.7 Å². The van der Waals surface area contributed by atoms with Crippen molar-refractivity contribution in [2.75, 3.05) is 25.1 Å². The first kappa shape index (κ1) is 15.9. The smallest absolute Gasteiger partial charge is 0.230 e. The molecule has 124 valence electrons. The van der Waals surface area contributed by atoms with Gasteiger partial charge < -0.3 is 10.3 Å². The van der Waals surface area contributed by atoms with E-state index in [9.17, 15) is 8.42 Å². The van der Waals surface area contributed by atoms with Gasteiger partial charge in [0.1, 0.15) is 0 Å². The Morgan fingerprint density at radius 3 is 2.65 bits per heavy atom. The fourth-order valence-electron chi connectivity index (χ4n) is 2.84. The van der Waals surface area contributed by atoms with E-state index < -0.39 is 10.0 Å². The van der Waals surface area contributed by atoms with Gasteiger partial charge in [0, 0.05) is 30.3 Å². The van der Waals surface area contributed by atoms with Crippen molar-refractivity contribution in [1.82, 2.24) is 14.4 Å². The van der Waals surface area contributed by atoms with Crippen molar-refractivity contribution in [3.63, 3.8) is 0 Å². The van der Waals surface area contributed by atoms with Crippen LogP contribution in [0.4, 0.5) is 5.69 Å². The van der Waals surface area contributed by atoms with E-state index in [-0.39, 0.29) is 5.92 Å². The molecule has 2 aromatic rings. The molecular formula is C15H20N4O3S. The molecule has 2 heterocycles. The highest BCUT2D eigenvalue weighted by Gasteiger charge is 2.29. The summed E-state index contributed by atoms with van der Waals surface area (Å²) < 4.78 is 30.0. The fraction of sp³-hybridized carbons (Fsp3) is 0.467. The standard InChI is InChI=1S/C15H20N4O3S/c1-10-12(4-3-5-13(10)16)14-17-15(22-18-14)11-6-8-19(9-7-11)23(2,20)21/h3-5,11H,6-9,16H2,1-2H3. The van der Waals surface area contributed by atoms with Crippen LogP contribution in [0.25, 0.3) is 11.4 Å². The predicted molar refractivity (Wildman–Crippen MR) is 87.3 cm³/mol. The van der Waals surface area contributed by atoms with Crippen LogP contribution in [0, 0.1) is 6.92 Å². The number of benzene rings is 1. The van der Waals surface area contributed by atoms with Gasteiger partial charge in [0.15, 0.2) is 0 Å². The second kappa shape index (κ2) is 5.93. The molecule has 0 amide bonds. The van der Waals surface area contributed by atoms with Crippen LogP contribution >= 0.6 is 0 Å². The number of anilines is 1. The van der Waals surface area contributed by atoms with Gasteiger partial charge in [0.25, 0.3) is 0 Å². The SMILES string of the molecule is Cc1c(N)cccc1-c1noc(C2CCN(S(C)(=O)=O)CC2)n1. The lowest BCUT2D eigenvalue weighted by Gasteiger charge is -2.28. The molecule has 0 atom stereocenters. The first-order chi connectivity index (χ1) is 10.9. The average molecular weight is 336 g/mol. The summed E-state index contributed by atoms with van der Waals surface area (Å²) in [4.78, 5) is 4.49. The minimum Gasteiger partial charge on any atom is -0.398 e. The summed E-state index contributed by atoms with van der Waals surface area (Å²) >= 11 is 0. The third-order valence-corrected chi connectivity index (χ3v) is 5.63. The van der Waals surface area contributed by atoms with E-state index in [2.05, 4.69) is 10.1 Å². The quantitative estimate of drug-likeness (QED) is 0.857. The lowest BCUT2D eigenvalue weighted by molar-refractivity contribution is 0.271. The highest BCUT2D eigenvalue weighted by Crippen LogP contribution is 2.30. The van der Waals surface area contributed by atoms with Crippen molar-refractivity contribution in [3.05, 3.63) is 29.7 Å². The maximum atomic E-state index is 11.6. The summed E-state index contributed by atoms with van der Waals surface area (Å²) in [7, 11) is -3.13. The van der Waals surface area contributed by atoms with Crippen LogP contribution in [0.15, 0.2) is 22.7 Å². The van der Waals surface area contributed by atoms with Crippen molar-refractivity contribution in [1.29, 1.82) is 0 Å². The van der Waals surface area contributed by atoms with Crippen molar-refractivity contribution >= 4 is 15.7 Å². The average Bonchev–Trinajstić information content (AvgIpc) is 2.99. The Labute approximate surface area is 135 Å². The maximum Gasteiger partial charge on any atom is 0.230 e. The van der Waals surface area contributed by atoms with E-state index >= 15 is 0 Å². The molecule has 1 aliphatic rings. The molecule has 8 heteroatoms. The molecule has 0 aliphatic carbocycles. The summed E-state index contributed by atoms with van der Waals surface area (Å²) in [5.41, 5.74) is 8.38. The molecule has 23 heavy (non-hydrogen) atoms. The molecule has 0 radical (unpaired) electrons. The second-order valence-corrected chi connectivity index (χ2v) is 7.89. The van der Waals surface area contributed by atoms with E-state index in [0.29, 0.717) is 43.3 Å². The van der Waals surface area contributed by atoms with Gasteiger partial charge in [-0.3, -0.25) is 0 Å². The maximum absolute atomic E-state index is 11.6. The van der Waals surface area contributed by atoms with E-state index in [1.54, 1.807) is 0 Å². The number of nitrogen functional groups attached to an aromatic ring is 1. The predicted octanol–water partition coefficient (Wildman–Crippen LogP) is 1.77. The molecule has 0 unspecified atom stereocenters. The summed E-state index contributed by atoms with van der Waals surface area (Å²) in [5, 5.41) is 4.06. The summed E-state index contributed by atoms with van der Waals surface area (Å²) in [6.07, 6.45) is 2.61. The summed E-state index contributed by atoms with van der Waals surface area (Å²) in [6, 6.07) is 5.60. The van der Waals surface area contributed by atoms with E-state index in [0.717, 1.165) is 11.1 Å². The first-order valence-electron chi connectivity index (χ1n) is 7.50. The Hall–Kier alpha value is -1.93. The van der Waals surface area contributed by atoms with Gasteiger partial charge in [-0.15, -0.1) is 0 Å².